The van der Waals surface area contributed by atoms with Crippen molar-refractivity contribution in [2.45, 2.75) is 23.4 Å². The molecular formula is C26H20Cl3N3O2S. The van der Waals surface area contributed by atoms with Gasteiger partial charge >= 0.3 is 0 Å². The van der Waals surface area contributed by atoms with Crippen molar-refractivity contribution in [3.8, 4) is 0 Å². The number of fused-ring (bicyclic) bond motifs is 1. The van der Waals surface area contributed by atoms with Crippen LogP contribution in [0.25, 0.3) is 10.8 Å². The molecule has 2 N–H and O–H groups in total. The molecule has 1 aliphatic rings. The molecule has 2 atom stereocenters. The Labute approximate surface area is 218 Å². The van der Waals surface area contributed by atoms with E-state index in [9.17, 15) is 8.42 Å². The van der Waals surface area contributed by atoms with Crippen molar-refractivity contribution in [1.29, 1.82) is 0 Å². The second-order valence-electron chi connectivity index (χ2n) is 8.27. The van der Waals surface area contributed by atoms with E-state index in [0.29, 0.717) is 32.8 Å². The van der Waals surface area contributed by atoms with Gasteiger partial charge in [0.15, 0.2) is 0 Å². The molecule has 0 amide bonds. The summed E-state index contributed by atoms with van der Waals surface area (Å²) in [5, 5.41) is 7.74. The molecule has 9 heteroatoms. The highest BCUT2D eigenvalue weighted by molar-refractivity contribution is 7.89. The Morgan fingerprint density at radius 3 is 2.31 bits per heavy atom. The maximum absolute atomic E-state index is 13.5. The zero-order chi connectivity index (χ0) is 24.6. The second kappa shape index (κ2) is 9.80. The fourth-order valence-electron chi connectivity index (χ4n) is 4.14. The zero-order valence-electron chi connectivity index (χ0n) is 18.3. The molecule has 1 aliphatic heterocycles. The van der Waals surface area contributed by atoms with Crippen LogP contribution in [0.2, 0.25) is 15.1 Å². The summed E-state index contributed by atoms with van der Waals surface area (Å²) in [5.41, 5.74) is 5.28. The third-order valence-electron chi connectivity index (χ3n) is 5.96. The fraction of sp³-hybridized carbons (Fsp3) is 0.115. The molecule has 1 heterocycles. The Balaban J connectivity index is 1.49. The van der Waals surface area contributed by atoms with E-state index < -0.39 is 16.1 Å². The van der Waals surface area contributed by atoms with Crippen molar-refractivity contribution in [3.05, 3.63) is 111 Å². The summed E-state index contributed by atoms with van der Waals surface area (Å²) in [6.07, 6.45) is 0.478. The van der Waals surface area contributed by atoms with Gasteiger partial charge in [-0.1, -0.05) is 83.3 Å². The summed E-state index contributed by atoms with van der Waals surface area (Å²) < 4.78 is 29.9. The molecule has 5 nitrogen and oxygen atoms in total. The van der Waals surface area contributed by atoms with Crippen LogP contribution in [0, 0.1) is 0 Å². The minimum Gasteiger partial charge on any atom is -0.302 e. The number of nitrogens with zero attached hydrogens (tertiary/aromatic N) is 1. The molecular weight excluding hydrogens is 525 g/mol. The van der Waals surface area contributed by atoms with Gasteiger partial charge in [-0.05, 0) is 58.3 Å². The van der Waals surface area contributed by atoms with Gasteiger partial charge in [-0.15, -0.1) is 0 Å². The average Bonchev–Trinajstić information content (AvgIpc) is 3.33. The lowest BCUT2D eigenvalue weighted by molar-refractivity contribution is 0.576. The molecule has 2 unspecified atom stereocenters. The van der Waals surface area contributed by atoms with Gasteiger partial charge in [-0.2, -0.15) is 9.82 Å². The molecule has 5 rings (SSSR count). The summed E-state index contributed by atoms with van der Waals surface area (Å²) in [6.45, 7) is 0. The average molecular weight is 545 g/mol. The smallest absolute Gasteiger partial charge is 0.241 e. The van der Waals surface area contributed by atoms with Crippen LogP contribution < -0.4 is 10.1 Å². The molecule has 0 spiro atoms. The quantitative estimate of drug-likeness (QED) is 0.277. The Kier molecular flexibility index (Phi) is 6.75. The van der Waals surface area contributed by atoms with Gasteiger partial charge in [-0.3, -0.25) is 0 Å². The van der Waals surface area contributed by atoms with Crippen LogP contribution in [-0.4, -0.2) is 14.1 Å². The van der Waals surface area contributed by atoms with E-state index in [0.717, 1.165) is 16.3 Å². The maximum Gasteiger partial charge on any atom is 0.241 e. The summed E-state index contributed by atoms with van der Waals surface area (Å²) in [7, 11) is -3.92. The van der Waals surface area contributed by atoms with Gasteiger partial charge < -0.3 is 5.43 Å². The highest BCUT2D eigenvalue weighted by Gasteiger charge is 2.32. The lowest BCUT2D eigenvalue weighted by Crippen LogP contribution is -2.33. The van der Waals surface area contributed by atoms with Crippen molar-refractivity contribution >= 4 is 61.3 Å². The Morgan fingerprint density at radius 2 is 1.57 bits per heavy atom. The van der Waals surface area contributed by atoms with E-state index in [1.54, 1.807) is 36.4 Å². The molecule has 35 heavy (non-hydrogen) atoms. The number of hydrogen-bond acceptors (Lipinski definition) is 4. The summed E-state index contributed by atoms with van der Waals surface area (Å²) in [4.78, 5) is 0.159. The number of halogens is 3. The molecule has 0 saturated carbocycles. The molecule has 0 radical (unpaired) electrons. The minimum atomic E-state index is -3.92. The summed E-state index contributed by atoms with van der Waals surface area (Å²) in [6, 6.07) is 24.2. The van der Waals surface area contributed by atoms with E-state index in [4.69, 9.17) is 34.8 Å². The Morgan fingerprint density at radius 1 is 0.857 bits per heavy atom. The summed E-state index contributed by atoms with van der Waals surface area (Å²) in [5.74, 6) is 0. The minimum absolute atomic E-state index is 0.124. The monoisotopic (exact) mass is 543 g/mol. The summed E-state index contributed by atoms with van der Waals surface area (Å²) >= 11 is 18.6. The van der Waals surface area contributed by atoms with Crippen LogP contribution >= 0.6 is 34.8 Å². The van der Waals surface area contributed by atoms with Crippen LogP contribution in [-0.2, 0) is 10.0 Å². The van der Waals surface area contributed by atoms with Crippen molar-refractivity contribution in [3.63, 3.8) is 0 Å². The van der Waals surface area contributed by atoms with Crippen LogP contribution in [0.5, 0.6) is 0 Å². The number of hydrogen-bond donors (Lipinski definition) is 2. The van der Waals surface area contributed by atoms with Crippen molar-refractivity contribution in [2.24, 2.45) is 5.10 Å². The second-order valence-corrected chi connectivity index (χ2v) is 11.3. The number of sulfonamides is 1. The van der Waals surface area contributed by atoms with Gasteiger partial charge in [0.25, 0.3) is 0 Å². The highest BCUT2D eigenvalue weighted by Crippen LogP contribution is 2.34. The third kappa shape index (κ3) is 5.17. The Hall–Kier alpha value is -2.61. The van der Waals surface area contributed by atoms with Crippen molar-refractivity contribution in [2.75, 3.05) is 0 Å². The van der Waals surface area contributed by atoms with Crippen LogP contribution in [0.15, 0.2) is 94.9 Å². The van der Waals surface area contributed by atoms with E-state index in [1.807, 2.05) is 48.5 Å². The number of hydrazone groups is 1. The number of benzene rings is 4. The molecule has 0 bridgehead atoms. The maximum atomic E-state index is 13.5. The normalized spacial score (nSPS) is 16.7. The van der Waals surface area contributed by atoms with Gasteiger partial charge in [0, 0.05) is 21.5 Å². The van der Waals surface area contributed by atoms with E-state index >= 15 is 0 Å². The topological polar surface area (TPSA) is 70.6 Å². The van der Waals surface area contributed by atoms with Gasteiger partial charge in [-0.25, -0.2) is 8.42 Å². The predicted octanol–water partition coefficient (Wildman–Crippen LogP) is 6.91. The first-order valence-corrected chi connectivity index (χ1v) is 13.5. The molecule has 0 aliphatic carbocycles. The largest absolute Gasteiger partial charge is 0.302 e. The highest BCUT2D eigenvalue weighted by atomic mass is 35.5. The van der Waals surface area contributed by atoms with Crippen LogP contribution in [0.1, 0.15) is 29.6 Å². The fourth-order valence-corrected chi connectivity index (χ4v) is 6.02. The first-order valence-electron chi connectivity index (χ1n) is 10.8. The molecule has 178 valence electrons. The van der Waals surface area contributed by atoms with Crippen LogP contribution in [0.3, 0.4) is 0 Å². The van der Waals surface area contributed by atoms with Crippen molar-refractivity contribution < 1.29 is 8.42 Å². The molecule has 0 fully saturated rings. The standard InChI is InChI=1S/C26H20Cl3N3O2S/c27-19-8-5-17(6-9-19)24-15-25(31-30-24)26(22-12-10-20(28)14-23(22)29)32-35(33,34)21-11-7-16-3-1-2-4-18(16)13-21/h1-14,24,26,30,32H,15H2. The van der Waals surface area contributed by atoms with Gasteiger partial charge in [0.2, 0.25) is 10.0 Å². The van der Waals surface area contributed by atoms with Gasteiger partial charge in [0.05, 0.1) is 22.7 Å². The Bertz CT molecular complexity index is 1540. The molecule has 4 aromatic carbocycles. The molecule has 0 aromatic heterocycles. The van der Waals surface area contributed by atoms with E-state index in [2.05, 4.69) is 15.2 Å². The lowest BCUT2D eigenvalue weighted by Gasteiger charge is -2.21. The SMILES string of the molecule is O=S(=O)(NC(C1=NNC(c2ccc(Cl)cc2)C1)c1ccc(Cl)cc1Cl)c1ccc2ccccc2c1. The van der Waals surface area contributed by atoms with Crippen LogP contribution in [0.4, 0.5) is 0 Å². The lowest BCUT2D eigenvalue weighted by atomic mass is 9.96. The van der Waals surface area contributed by atoms with Crippen molar-refractivity contribution in [1.82, 2.24) is 10.1 Å². The van der Waals surface area contributed by atoms with E-state index in [1.165, 1.54) is 0 Å². The predicted molar refractivity (Wildman–Crippen MR) is 143 cm³/mol. The van der Waals surface area contributed by atoms with Gasteiger partial charge in [0.1, 0.15) is 0 Å². The zero-order valence-corrected chi connectivity index (χ0v) is 21.3. The number of nitrogens with one attached hydrogen (secondary N) is 2. The first kappa shape index (κ1) is 24.1. The third-order valence-corrected chi connectivity index (χ3v) is 8.20. The molecule has 0 saturated heterocycles. The molecule has 4 aromatic rings. The van der Waals surface area contributed by atoms with E-state index in [-0.39, 0.29) is 10.9 Å². The number of rotatable bonds is 6. The first-order chi connectivity index (χ1) is 16.8.